The van der Waals surface area contributed by atoms with Gasteiger partial charge in [-0.1, -0.05) is 25.5 Å². The minimum atomic E-state index is -0.0748. The average molecular weight is 434 g/mol. The van der Waals surface area contributed by atoms with Crippen LogP contribution >= 0.6 is 24.0 Å². The van der Waals surface area contributed by atoms with E-state index in [1.807, 2.05) is 24.3 Å². The molecule has 0 aliphatic heterocycles. The molecule has 1 amide bonds. The minimum absolute atomic E-state index is 0. The van der Waals surface area contributed by atoms with Crippen LogP contribution in [0.2, 0.25) is 0 Å². The lowest BCUT2D eigenvalue weighted by Gasteiger charge is -2.11. The SMILES string of the molecule is CCCCNC(=NC)NCC(=O)NCc1ccc(OC)cc1.I. The lowest BCUT2D eigenvalue weighted by molar-refractivity contribution is -0.120. The third-order valence-electron chi connectivity index (χ3n) is 3.11. The molecule has 1 aromatic carbocycles. The molecule has 0 saturated carbocycles. The zero-order chi connectivity index (χ0) is 16.2. The number of halogens is 1. The first-order valence-electron chi connectivity index (χ1n) is 7.53. The molecular formula is C16H27IN4O2. The molecule has 0 atom stereocenters. The minimum Gasteiger partial charge on any atom is -0.497 e. The van der Waals surface area contributed by atoms with E-state index in [-0.39, 0.29) is 36.4 Å². The molecule has 1 rings (SSSR count). The fraction of sp³-hybridized carbons (Fsp3) is 0.500. The molecule has 0 unspecified atom stereocenters. The van der Waals surface area contributed by atoms with Crippen LogP contribution in [0.25, 0.3) is 0 Å². The van der Waals surface area contributed by atoms with Gasteiger partial charge in [0.25, 0.3) is 0 Å². The Labute approximate surface area is 155 Å². The lowest BCUT2D eigenvalue weighted by atomic mass is 10.2. The third-order valence-corrected chi connectivity index (χ3v) is 3.11. The van der Waals surface area contributed by atoms with Crippen LogP contribution in [-0.4, -0.2) is 39.1 Å². The molecule has 0 aromatic heterocycles. The van der Waals surface area contributed by atoms with E-state index in [1.54, 1.807) is 14.2 Å². The number of rotatable bonds is 8. The number of guanidine groups is 1. The Morgan fingerprint density at radius 3 is 2.43 bits per heavy atom. The van der Waals surface area contributed by atoms with Crippen molar-refractivity contribution in [2.45, 2.75) is 26.3 Å². The maximum absolute atomic E-state index is 11.8. The van der Waals surface area contributed by atoms with Gasteiger partial charge in [0, 0.05) is 20.1 Å². The molecule has 6 nitrogen and oxygen atoms in total. The van der Waals surface area contributed by atoms with Crippen molar-refractivity contribution in [3.63, 3.8) is 0 Å². The number of nitrogens with one attached hydrogen (secondary N) is 3. The fourth-order valence-corrected chi connectivity index (χ4v) is 1.77. The molecule has 0 fully saturated rings. The number of nitrogens with zero attached hydrogens (tertiary/aromatic N) is 1. The molecule has 7 heteroatoms. The largest absolute Gasteiger partial charge is 0.497 e. The summed E-state index contributed by atoms with van der Waals surface area (Å²) in [6, 6.07) is 7.61. The van der Waals surface area contributed by atoms with Crippen LogP contribution < -0.4 is 20.7 Å². The van der Waals surface area contributed by atoms with Gasteiger partial charge in [-0.3, -0.25) is 9.79 Å². The highest BCUT2D eigenvalue weighted by Gasteiger charge is 2.03. The molecule has 0 heterocycles. The molecule has 0 spiro atoms. The van der Waals surface area contributed by atoms with Crippen LogP contribution in [0, 0.1) is 0 Å². The summed E-state index contributed by atoms with van der Waals surface area (Å²) in [5, 5.41) is 9.00. The number of carbonyl (C=O) groups is 1. The molecule has 1 aromatic rings. The second-order valence-corrected chi connectivity index (χ2v) is 4.83. The number of unbranched alkanes of at least 4 members (excludes halogenated alkanes) is 1. The summed E-state index contributed by atoms with van der Waals surface area (Å²) >= 11 is 0. The number of ether oxygens (including phenoxy) is 1. The van der Waals surface area contributed by atoms with Gasteiger partial charge in [-0.25, -0.2) is 0 Å². The van der Waals surface area contributed by atoms with Crippen molar-refractivity contribution in [2.24, 2.45) is 4.99 Å². The van der Waals surface area contributed by atoms with Gasteiger partial charge in [-0.2, -0.15) is 0 Å². The van der Waals surface area contributed by atoms with Crippen molar-refractivity contribution in [3.8, 4) is 5.75 Å². The second-order valence-electron chi connectivity index (χ2n) is 4.83. The van der Waals surface area contributed by atoms with E-state index in [0.717, 1.165) is 30.7 Å². The maximum atomic E-state index is 11.8. The second kappa shape index (κ2) is 13.0. The molecule has 0 saturated heterocycles. The molecule has 0 bridgehead atoms. The molecule has 0 aliphatic rings. The Morgan fingerprint density at radius 2 is 1.87 bits per heavy atom. The van der Waals surface area contributed by atoms with E-state index < -0.39 is 0 Å². The number of amides is 1. The Balaban J connectivity index is 0.00000484. The van der Waals surface area contributed by atoms with Gasteiger partial charge < -0.3 is 20.7 Å². The van der Waals surface area contributed by atoms with Crippen LogP contribution in [0.4, 0.5) is 0 Å². The highest BCUT2D eigenvalue weighted by atomic mass is 127. The summed E-state index contributed by atoms with van der Waals surface area (Å²) in [7, 11) is 3.32. The van der Waals surface area contributed by atoms with Gasteiger partial charge in [0.15, 0.2) is 5.96 Å². The summed E-state index contributed by atoms with van der Waals surface area (Å²) in [6.07, 6.45) is 2.19. The van der Waals surface area contributed by atoms with E-state index >= 15 is 0 Å². The molecule has 0 aliphatic carbocycles. The summed E-state index contributed by atoms with van der Waals surface area (Å²) in [4.78, 5) is 15.9. The van der Waals surface area contributed by atoms with Crippen LogP contribution in [-0.2, 0) is 11.3 Å². The van der Waals surface area contributed by atoms with E-state index in [1.165, 1.54) is 0 Å². The molecule has 3 N–H and O–H groups in total. The van der Waals surface area contributed by atoms with E-state index in [9.17, 15) is 4.79 Å². The van der Waals surface area contributed by atoms with Crippen molar-refractivity contribution in [2.75, 3.05) is 27.2 Å². The lowest BCUT2D eigenvalue weighted by Crippen LogP contribution is -2.43. The van der Waals surface area contributed by atoms with Gasteiger partial charge in [0.1, 0.15) is 5.75 Å². The van der Waals surface area contributed by atoms with E-state index in [2.05, 4.69) is 27.9 Å². The number of aliphatic imine (C=N–C) groups is 1. The molecular weight excluding hydrogens is 407 g/mol. The van der Waals surface area contributed by atoms with Crippen molar-refractivity contribution in [1.82, 2.24) is 16.0 Å². The fourth-order valence-electron chi connectivity index (χ4n) is 1.77. The summed E-state index contributed by atoms with van der Waals surface area (Å²) in [6.45, 7) is 3.67. The van der Waals surface area contributed by atoms with Crippen molar-refractivity contribution in [1.29, 1.82) is 0 Å². The van der Waals surface area contributed by atoms with Gasteiger partial charge in [0.2, 0.25) is 5.91 Å². The zero-order valence-corrected chi connectivity index (χ0v) is 16.3. The standard InChI is InChI=1S/C16H26N4O2.HI/c1-4-5-10-18-16(17-2)20-12-15(21)19-11-13-6-8-14(22-3)9-7-13;/h6-9H,4-5,10-12H2,1-3H3,(H,19,21)(H2,17,18,20);1H. The highest BCUT2D eigenvalue weighted by Crippen LogP contribution is 2.10. The van der Waals surface area contributed by atoms with Gasteiger partial charge in [-0.15, -0.1) is 24.0 Å². The topological polar surface area (TPSA) is 74.8 Å². The number of carbonyl (C=O) groups excluding carboxylic acids is 1. The predicted molar refractivity (Wildman–Crippen MR) is 105 cm³/mol. The third kappa shape index (κ3) is 9.27. The Kier molecular flexibility index (Phi) is 12.1. The van der Waals surface area contributed by atoms with Gasteiger partial charge in [-0.05, 0) is 24.1 Å². The van der Waals surface area contributed by atoms with Crippen molar-refractivity contribution < 1.29 is 9.53 Å². The Hall–Kier alpha value is -1.51. The van der Waals surface area contributed by atoms with Gasteiger partial charge >= 0.3 is 0 Å². The van der Waals surface area contributed by atoms with E-state index in [0.29, 0.717) is 12.5 Å². The summed E-state index contributed by atoms with van der Waals surface area (Å²) < 4.78 is 5.09. The molecule has 23 heavy (non-hydrogen) atoms. The monoisotopic (exact) mass is 434 g/mol. The van der Waals surface area contributed by atoms with Crippen molar-refractivity contribution in [3.05, 3.63) is 29.8 Å². The molecule has 0 radical (unpaired) electrons. The van der Waals surface area contributed by atoms with Crippen LogP contribution in [0.15, 0.2) is 29.3 Å². The Bertz CT molecular complexity index is 477. The quantitative estimate of drug-likeness (QED) is 0.253. The van der Waals surface area contributed by atoms with Crippen molar-refractivity contribution >= 4 is 35.8 Å². The summed E-state index contributed by atoms with van der Waals surface area (Å²) in [5.74, 6) is 1.38. The van der Waals surface area contributed by atoms with Crippen LogP contribution in [0.3, 0.4) is 0 Å². The number of hydrogen-bond acceptors (Lipinski definition) is 3. The first-order chi connectivity index (χ1) is 10.7. The molecule has 130 valence electrons. The Morgan fingerprint density at radius 1 is 1.17 bits per heavy atom. The zero-order valence-electron chi connectivity index (χ0n) is 14.0. The first kappa shape index (κ1) is 21.5. The highest BCUT2D eigenvalue weighted by molar-refractivity contribution is 14.0. The normalized spacial score (nSPS) is 10.5. The van der Waals surface area contributed by atoms with Crippen LogP contribution in [0.1, 0.15) is 25.3 Å². The summed E-state index contributed by atoms with van der Waals surface area (Å²) in [5.41, 5.74) is 1.03. The van der Waals surface area contributed by atoms with Gasteiger partial charge in [0.05, 0.1) is 13.7 Å². The number of benzene rings is 1. The predicted octanol–water partition coefficient (Wildman–Crippen LogP) is 1.89. The average Bonchev–Trinajstić information content (AvgIpc) is 2.56. The van der Waals surface area contributed by atoms with E-state index in [4.69, 9.17) is 4.74 Å². The smallest absolute Gasteiger partial charge is 0.239 e. The number of hydrogen-bond donors (Lipinski definition) is 3. The van der Waals surface area contributed by atoms with Crippen LogP contribution in [0.5, 0.6) is 5.75 Å². The first-order valence-corrected chi connectivity index (χ1v) is 7.53. The number of methoxy groups -OCH3 is 1. The maximum Gasteiger partial charge on any atom is 0.239 e.